The van der Waals surface area contributed by atoms with Gasteiger partial charge in [-0.1, -0.05) is 35.9 Å². The first-order valence-corrected chi connectivity index (χ1v) is 9.71. The maximum atomic E-state index is 11.9. The fourth-order valence-electron chi connectivity index (χ4n) is 2.23. The Labute approximate surface area is 159 Å². The van der Waals surface area contributed by atoms with Crippen LogP contribution in [0.25, 0.3) is 6.08 Å². The van der Waals surface area contributed by atoms with Gasteiger partial charge in [-0.15, -0.1) is 22.7 Å². The van der Waals surface area contributed by atoms with E-state index in [4.69, 9.17) is 11.6 Å². The number of amides is 1. The zero-order valence-electron chi connectivity index (χ0n) is 13.2. The van der Waals surface area contributed by atoms with Gasteiger partial charge in [-0.3, -0.25) is 4.79 Å². The van der Waals surface area contributed by atoms with E-state index in [-0.39, 0.29) is 5.91 Å². The molecule has 1 amide bonds. The van der Waals surface area contributed by atoms with Gasteiger partial charge in [-0.25, -0.2) is 0 Å². The second-order valence-corrected chi connectivity index (χ2v) is 7.88. The van der Waals surface area contributed by atoms with E-state index in [1.54, 1.807) is 12.1 Å². The Balaban J connectivity index is 1.55. The Morgan fingerprint density at radius 2 is 2.00 bits per heavy atom. The van der Waals surface area contributed by atoms with Crippen molar-refractivity contribution in [3.63, 3.8) is 0 Å². The highest BCUT2D eigenvalue weighted by atomic mass is 35.5. The molecule has 0 radical (unpaired) electrons. The van der Waals surface area contributed by atoms with Crippen LogP contribution in [0.4, 0.5) is 0 Å². The summed E-state index contributed by atoms with van der Waals surface area (Å²) >= 11 is 9.07. The highest BCUT2D eigenvalue weighted by Crippen LogP contribution is 2.30. The summed E-state index contributed by atoms with van der Waals surface area (Å²) in [6, 6.07) is 15.0. The van der Waals surface area contributed by atoms with Crippen LogP contribution in [-0.2, 0) is 11.3 Å². The number of thiophene rings is 2. The molecule has 3 nitrogen and oxygen atoms in total. The fourth-order valence-corrected chi connectivity index (χ4v) is 4.19. The van der Waals surface area contributed by atoms with Gasteiger partial charge in [0.25, 0.3) is 0 Å². The standard InChI is InChI=1S/C19H16ClNO2S2/c20-15-5-2-1-4-13(15)7-10-18(22)21-12-14-8-9-17(25-14)19(23)16-6-3-11-24-16/h1-11,19,23H,12H2,(H,21,22). The van der Waals surface area contributed by atoms with Gasteiger partial charge in [0, 0.05) is 25.7 Å². The number of nitrogens with one attached hydrogen (secondary N) is 1. The molecule has 0 aliphatic heterocycles. The Morgan fingerprint density at radius 3 is 2.76 bits per heavy atom. The van der Waals surface area contributed by atoms with E-state index in [0.717, 1.165) is 20.2 Å². The van der Waals surface area contributed by atoms with E-state index in [1.165, 1.54) is 28.7 Å². The minimum absolute atomic E-state index is 0.186. The lowest BCUT2D eigenvalue weighted by Crippen LogP contribution is -2.19. The molecule has 0 aliphatic carbocycles. The molecule has 3 rings (SSSR count). The predicted octanol–water partition coefficient (Wildman–Crippen LogP) is 4.87. The second-order valence-electron chi connectivity index (χ2n) is 5.29. The molecule has 3 aromatic rings. The summed E-state index contributed by atoms with van der Waals surface area (Å²) < 4.78 is 0. The van der Waals surface area contributed by atoms with Crippen molar-refractivity contribution >= 4 is 46.3 Å². The van der Waals surface area contributed by atoms with E-state index in [2.05, 4.69) is 5.32 Å². The van der Waals surface area contributed by atoms with Crippen LogP contribution in [0.2, 0.25) is 5.02 Å². The average Bonchev–Trinajstić information content (AvgIpc) is 3.30. The maximum Gasteiger partial charge on any atom is 0.244 e. The van der Waals surface area contributed by atoms with E-state index >= 15 is 0 Å². The topological polar surface area (TPSA) is 49.3 Å². The lowest BCUT2D eigenvalue weighted by Gasteiger charge is -2.05. The van der Waals surface area contributed by atoms with Crippen molar-refractivity contribution in [2.45, 2.75) is 12.6 Å². The zero-order valence-corrected chi connectivity index (χ0v) is 15.6. The Hall–Kier alpha value is -1.92. The molecule has 1 aromatic carbocycles. The maximum absolute atomic E-state index is 11.9. The number of hydrogen-bond acceptors (Lipinski definition) is 4. The molecule has 0 fully saturated rings. The highest BCUT2D eigenvalue weighted by molar-refractivity contribution is 7.12. The first-order valence-electron chi connectivity index (χ1n) is 7.64. The van der Waals surface area contributed by atoms with Crippen LogP contribution in [0.1, 0.15) is 26.3 Å². The number of rotatable bonds is 6. The molecule has 1 unspecified atom stereocenters. The Bertz CT molecular complexity index is 871. The fraction of sp³-hybridized carbons (Fsp3) is 0.105. The summed E-state index contributed by atoms with van der Waals surface area (Å²) in [5.74, 6) is -0.186. The van der Waals surface area contributed by atoms with E-state index in [1.807, 2.05) is 47.8 Å². The van der Waals surface area contributed by atoms with Crippen LogP contribution >= 0.6 is 34.3 Å². The largest absolute Gasteiger partial charge is 0.382 e. The van der Waals surface area contributed by atoms with Crippen LogP contribution in [0.15, 0.2) is 60.0 Å². The first-order chi connectivity index (χ1) is 12.1. The summed E-state index contributed by atoms with van der Waals surface area (Å²) in [6.45, 7) is 0.424. The molecular formula is C19H16ClNO2S2. The number of aliphatic hydroxyl groups excluding tert-OH is 1. The third-order valence-corrected chi connectivity index (χ3v) is 5.93. The number of halogens is 1. The molecule has 0 bridgehead atoms. The summed E-state index contributed by atoms with van der Waals surface area (Å²) in [4.78, 5) is 14.7. The highest BCUT2D eigenvalue weighted by Gasteiger charge is 2.14. The van der Waals surface area contributed by atoms with Gasteiger partial charge in [0.15, 0.2) is 0 Å². The van der Waals surface area contributed by atoms with Crippen molar-refractivity contribution in [2.75, 3.05) is 0 Å². The average molecular weight is 390 g/mol. The number of aliphatic hydroxyl groups is 1. The third kappa shape index (κ3) is 4.80. The van der Waals surface area contributed by atoms with Crippen molar-refractivity contribution in [1.29, 1.82) is 0 Å². The van der Waals surface area contributed by atoms with Gasteiger partial charge < -0.3 is 10.4 Å². The van der Waals surface area contributed by atoms with Crippen LogP contribution in [-0.4, -0.2) is 11.0 Å². The number of hydrogen-bond donors (Lipinski definition) is 2. The minimum atomic E-state index is -0.602. The smallest absolute Gasteiger partial charge is 0.244 e. The molecular weight excluding hydrogens is 374 g/mol. The van der Waals surface area contributed by atoms with Crippen molar-refractivity contribution in [2.24, 2.45) is 0 Å². The Kier molecular flexibility index (Phi) is 6.04. The molecule has 128 valence electrons. The van der Waals surface area contributed by atoms with Gasteiger partial charge in [-0.2, -0.15) is 0 Å². The van der Waals surface area contributed by atoms with Crippen molar-refractivity contribution in [1.82, 2.24) is 5.32 Å². The minimum Gasteiger partial charge on any atom is -0.382 e. The van der Waals surface area contributed by atoms with E-state index < -0.39 is 6.10 Å². The molecule has 6 heteroatoms. The van der Waals surface area contributed by atoms with Crippen LogP contribution < -0.4 is 5.32 Å². The summed E-state index contributed by atoms with van der Waals surface area (Å²) in [7, 11) is 0. The molecule has 0 saturated carbocycles. The van der Waals surface area contributed by atoms with Crippen LogP contribution in [0, 0.1) is 0 Å². The monoisotopic (exact) mass is 389 g/mol. The molecule has 0 saturated heterocycles. The van der Waals surface area contributed by atoms with Gasteiger partial charge in [0.1, 0.15) is 6.10 Å². The van der Waals surface area contributed by atoms with Gasteiger partial charge in [-0.05, 0) is 41.3 Å². The molecule has 0 spiro atoms. The van der Waals surface area contributed by atoms with Crippen molar-refractivity contribution in [3.8, 4) is 0 Å². The lowest BCUT2D eigenvalue weighted by atomic mass is 10.2. The lowest BCUT2D eigenvalue weighted by molar-refractivity contribution is -0.116. The third-order valence-electron chi connectivity index (χ3n) is 3.52. The molecule has 0 aliphatic rings. The molecule has 2 N–H and O–H groups in total. The second kappa shape index (κ2) is 8.45. The van der Waals surface area contributed by atoms with E-state index in [0.29, 0.717) is 11.6 Å². The van der Waals surface area contributed by atoms with Gasteiger partial charge in [0.2, 0.25) is 5.91 Å². The number of carbonyl (C=O) groups excluding carboxylic acids is 1. The van der Waals surface area contributed by atoms with Gasteiger partial charge >= 0.3 is 0 Å². The first kappa shape index (κ1) is 17.9. The summed E-state index contributed by atoms with van der Waals surface area (Å²) in [5.41, 5.74) is 0.803. The SMILES string of the molecule is O=C(C=Cc1ccccc1Cl)NCc1ccc(C(O)c2cccs2)s1. The van der Waals surface area contributed by atoms with E-state index in [9.17, 15) is 9.90 Å². The summed E-state index contributed by atoms with van der Waals surface area (Å²) in [6.07, 6.45) is 2.56. The summed E-state index contributed by atoms with van der Waals surface area (Å²) in [5, 5.41) is 15.7. The number of benzene rings is 1. The molecule has 25 heavy (non-hydrogen) atoms. The van der Waals surface area contributed by atoms with Crippen molar-refractivity contribution in [3.05, 3.63) is 85.2 Å². The molecule has 1 atom stereocenters. The van der Waals surface area contributed by atoms with Crippen LogP contribution in [0.5, 0.6) is 0 Å². The zero-order chi connectivity index (χ0) is 17.6. The predicted molar refractivity (Wildman–Crippen MR) is 105 cm³/mol. The van der Waals surface area contributed by atoms with Gasteiger partial charge in [0.05, 0.1) is 6.54 Å². The quantitative estimate of drug-likeness (QED) is 0.590. The normalized spacial score (nSPS) is 12.4. The number of carbonyl (C=O) groups is 1. The molecule has 2 heterocycles. The molecule has 2 aromatic heterocycles. The van der Waals surface area contributed by atoms with Crippen molar-refractivity contribution < 1.29 is 9.90 Å². The van der Waals surface area contributed by atoms with Crippen LogP contribution in [0.3, 0.4) is 0 Å². The Morgan fingerprint density at radius 1 is 1.16 bits per heavy atom.